The van der Waals surface area contributed by atoms with Crippen molar-refractivity contribution in [2.45, 2.75) is 52.0 Å². The van der Waals surface area contributed by atoms with Crippen molar-refractivity contribution >= 4 is 23.2 Å². The molecule has 2 rings (SSSR count). The van der Waals surface area contributed by atoms with E-state index in [1.54, 1.807) is 11.3 Å². The maximum Gasteiger partial charge on any atom is 0.306 e. The highest BCUT2D eigenvalue weighted by Crippen LogP contribution is 2.31. The fraction of sp³-hybridized carbons (Fsp3) is 0.647. The minimum Gasteiger partial charge on any atom is -0.481 e. The minimum absolute atomic E-state index is 0.125. The maximum atomic E-state index is 12.8. The third-order valence-corrected chi connectivity index (χ3v) is 5.37. The van der Waals surface area contributed by atoms with Crippen LogP contribution in [0.5, 0.6) is 0 Å². The Hall–Kier alpha value is -1.36. The lowest BCUT2D eigenvalue weighted by atomic mass is 9.80. The SMILES string of the molecule is CCN(C(=O)C1CCCC(C(=O)O)C1)C(C)Cc1ccsc1. The van der Waals surface area contributed by atoms with Crippen molar-refractivity contribution in [2.75, 3.05) is 6.54 Å². The van der Waals surface area contributed by atoms with Crippen LogP contribution in [0.3, 0.4) is 0 Å². The van der Waals surface area contributed by atoms with Crippen LogP contribution in [-0.2, 0) is 16.0 Å². The molecule has 1 aromatic rings. The number of aliphatic carboxylic acids is 1. The molecule has 0 aromatic carbocycles. The minimum atomic E-state index is -0.758. The van der Waals surface area contributed by atoms with Gasteiger partial charge in [0.25, 0.3) is 0 Å². The Morgan fingerprint density at radius 3 is 2.73 bits per heavy atom. The van der Waals surface area contributed by atoms with Crippen molar-refractivity contribution in [1.29, 1.82) is 0 Å². The molecular formula is C17H25NO3S. The summed E-state index contributed by atoms with van der Waals surface area (Å²) in [6.45, 7) is 4.76. The fourth-order valence-corrected chi connectivity index (χ4v) is 4.10. The molecule has 1 aliphatic carbocycles. The molecule has 4 nitrogen and oxygen atoms in total. The number of hydrogen-bond donors (Lipinski definition) is 1. The van der Waals surface area contributed by atoms with Crippen molar-refractivity contribution < 1.29 is 14.7 Å². The summed E-state index contributed by atoms with van der Waals surface area (Å²) in [5.74, 6) is -1.10. The molecule has 0 saturated heterocycles. The number of thiophene rings is 1. The monoisotopic (exact) mass is 323 g/mol. The van der Waals surface area contributed by atoms with Gasteiger partial charge in [0.05, 0.1) is 5.92 Å². The van der Waals surface area contributed by atoms with Gasteiger partial charge < -0.3 is 10.0 Å². The van der Waals surface area contributed by atoms with Gasteiger partial charge in [-0.25, -0.2) is 0 Å². The average molecular weight is 323 g/mol. The number of carbonyl (C=O) groups is 2. The number of carboxylic acid groups (broad SMARTS) is 1. The largest absolute Gasteiger partial charge is 0.481 e. The van der Waals surface area contributed by atoms with Gasteiger partial charge in [0.2, 0.25) is 5.91 Å². The second-order valence-electron chi connectivity index (χ2n) is 6.21. The zero-order valence-electron chi connectivity index (χ0n) is 13.3. The number of carbonyl (C=O) groups excluding carboxylic acids is 1. The Balaban J connectivity index is 1.99. The van der Waals surface area contributed by atoms with E-state index in [1.807, 2.05) is 11.8 Å². The molecule has 1 aromatic heterocycles. The number of likely N-dealkylation sites (N-methyl/N-ethyl adjacent to an activating group) is 1. The third-order valence-electron chi connectivity index (χ3n) is 4.64. The van der Waals surface area contributed by atoms with Crippen LogP contribution in [0.25, 0.3) is 0 Å². The first-order valence-corrected chi connectivity index (χ1v) is 9.01. The zero-order chi connectivity index (χ0) is 16.1. The van der Waals surface area contributed by atoms with Gasteiger partial charge in [-0.3, -0.25) is 9.59 Å². The Morgan fingerprint density at radius 1 is 1.41 bits per heavy atom. The number of rotatable bonds is 6. The smallest absolute Gasteiger partial charge is 0.306 e. The van der Waals surface area contributed by atoms with Gasteiger partial charge in [-0.05, 0) is 61.9 Å². The van der Waals surface area contributed by atoms with Crippen LogP contribution in [0.1, 0.15) is 45.1 Å². The van der Waals surface area contributed by atoms with E-state index < -0.39 is 5.97 Å². The first kappa shape index (κ1) is 17.0. The van der Waals surface area contributed by atoms with Gasteiger partial charge in [-0.2, -0.15) is 11.3 Å². The predicted octanol–water partition coefficient (Wildman–Crippen LogP) is 3.42. The van der Waals surface area contributed by atoms with Crippen molar-refractivity contribution in [3.05, 3.63) is 22.4 Å². The quantitative estimate of drug-likeness (QED) is 0.872. The molecular weight excluding hydrogens is 298 g/mol. The van der Waals surface area contributed by atoms with E-state index in [4.69, 9.17) is 0 Å². The second kappa shape index (κ2) is 7.77. The Bertz CT molecular complexity index is 500. The van der Waals surface area contributed by atoms with Crippen LogP contribution in [0, 0.1) is 11.8 Å². The first-order chi connectivity index (χ1) is 10.5. The Morgan fingerprint density at radius 2 is 2.14 bits per heavy atom. The van der Waals surface area contributed by atoms with Crippen LogP contribution in [0.2, 0.25) is 0 Å². The van der Waals surface area contributed by atoms with Crippen molar-refractivity contribution in [3.8, 4) is 0 Å². The van der Waals surface area contributed by atoms with Crippen LogP contribution < -0.4 is 0 Å². The zero-order valence-corrected chi connectivity index (χ0v) is 14.1. The topological polar surface area (TPSA) is 57.6 Å². The summed E-state index contributed by atoms with van der Waals surface area (Å²) in [7, 11) is 0. The lowest BCUT2D eigenvalue weighted by Gasteiger charge is -2.34. The van der Waals surface area contributed by atoms with Crippen molar-refractivity contribution in [2.24, 2.45) is 11.8 Å². The van der Waals surface area contributed by atoms with E-state index in [9.17, 15) is 14.7 Å². The summed E-state index contributed by atoms with van der Waals surface area (Å²) >= 11 is 1.67. The van der Waals surface area contributed by atoms with Gasteiger partial charge in [-0.15, -0.1) is 0 Å². The summed E-state index contributed by atoms with van der Waals surface area (Å²) in [6, 6.07) is 2.25. The molecule has 1 aliphatic rings. The van der Waals surface area contributed by atoms with E-state index in [0.717, 1.165) is 19.3 Å². The highest BCUT2D eigenvalue weighted by Gasteiger charge is 2.34. The van der Waals surface area contributed by atoms with E-state index in [1.165, 1.54) is 5.56 Å². The van der Waals surface area contributed by atoms with E-state index in [0.29, 0.717) is 19.4 Å². The lowest BCUT2D eigenvalue weighted by molar-refractivity contribution is -0.146. The normalized spacial score (nSPS) is 23.0. The number of amides is 1. The maximum absolute atomic E-state index is 12.8. The summed E-state index contributed by atoms with van der Waals surface area (Å²) in [5, 5.41) is 13.4. The molecule has 3 unspecified atom stereocenters. The van der Waals surface area contributed by atoms with Gasteiger partial charge in [0, 0.05) is 18.5 Å². The van der Waals surface area contributed by atoms with Crippen molar-refractivity contribution in [3.63, 3.8) is 0 Å². The average Bonchev–Trinajstić information content (AvgIpc) is 3.00. The molecule has 122 valence electrons. The lowest BCUT2D eigenvalue weighted by Crippen LogP contribution is -2.44. The molecule has 1 amide bonds. The first-order valence-electron chi connectivity index (χ1n) is 8.07. The fourth-order valence-electron chi connectivity index (χ4n) is 3.42. The van der Waals surface area contributed by atoms with Gasteiger partial charge in [0.1, 0.15) is 0 Å². The summed E-state index contributed by atoms with van der Waals surface area (Å²) in [6.07, 6.45) is 3.72. The molecule has 1 heterocycles. The summed E-state index contributed by atoms with van der Waals surface area (Å²) in [5.41, 5.74) is 1.26. The molecule has 1 fully saturated rings. The van der Waals surface area contributed by atoms with Gasteiger partial charge in [0.15, 0.2) is 0 Å². The van der Waals surface area contributed by atoms with E-state index >= 15 is 0 Å². The summed E-state index contributed by atoms with van der Waals surface area (Å²) in [4.78, 5) is 25.9. The Kier molecular flexibility index (Phi) is 6.00. The molecule has 0 radical (unpaired) electrons. The van der Waals surface area contributed by atoms with Gasteiger partial charge in [-0.1, -0.05) is 6.42 Å². The molecule has 0 spiro atoms. The molecule has 5 heteroatoms. The molecule has 3 atom stereocenters. The van der Waals surface area contributed by atoms with Crippen LogP contribution in [0.15, 0.2) is 16.8 Å². The van der Waals surface area contributed by atoms with E-state index in [2.05, 4.69) is 23.8 Å². The number of hydrogen-bond acceptors (Lipinski definition) is 3. The highest BCUT2D eigenvalue weighted by atomic mass is 32.1. The Labute approximate surface area is 136 Å². The standard InChI is InChI=1S/C17H25NO3S/c1-3-18(12(2)9-13-7-8-22-11-13)16(19)14-5-4-6-15(10-14)17(20)21/h7-8,11-12,14-15H,3-6,9-10H2,1-2H3,(H,20,21). The molecule has 22 heavy (non-hydrogen) atoms. The second-order valence-corrected chi connectivity index (χ2v) is 6.99. The van der Waals surface area contributed by atoms with Gasteiger partial charge >= 0.3 is 5.97 Å². The van der Waals surface area contributed by atoms with Crippen LogP contribution in [-0.4, -0.2) is 34.5 Å². The van der Waals surface area contributed by atoms with Crippen LogP contribution in [0.4, 0.5) is 0 Å². The molecule has 0 aliphatic heterocycles. The van der Waals surface area contributed by atoms with E-state index in [-0.39, 0.29) is 23.8 Å². The highest BCUT2D eigenvalue weighted by molar-refractivity contribution is 7.07. The van der Waals surface area contributed by atoms with Crippen molar-refractivity contribution in [1.82, 2.24) is 4.90 Å². The number of carboxylic acids is 1. The number of nitrogens with zero attached hydrogens (tertiary/aromatic N) is 1. The predicted molar refractivity (Wildman–Crippen MR) is 88.0 cm³/mol. The molecule has 1 saturated carbocycles. The molecule has 0 bridgehead atoms. The third kappa shape index (κ3) is 4.09. The molecule has 1 N–H and O–H groups in total. The van der Waals surface area contributed by atoms with Crippen LogP contribution >= 0.6 is 11.3 Å². The summed E-state index contributed by atoms with van der Waals surface area (Å²) < 4.78 is 0.